The van der Waals surface area contributed by atoms with E-state index in [0.29, 0.717) is 13.0 Å². The Hall–Kier alpha value is -2.05. The van der Waals surface area contributed by atoms with Crippen molar-refractivity contribution in [3.05, 3.63) is 48.0 Å². The van der Waals surface area contributed by atoms with Crippen LogP contribution >= 0.6 is 0 Å². The van der Waals surface area contributed by atoms with Gasteiger partial charge in [0.05, 0.1) is 13.2 Å². The number of hydrogen-bond donors (Lipinski definition) is 1. The van der Waals surface area contributed by atoms with Crippen molar-refractivity contribution in [3.63, 3.8) is 0 Å². The topological polar surface area (TPSA) is 46.5 Å². The van der Waals surface area contributed by atoms with E-state index in [1.165, 1.54) is 0 Å². The second-order valence-electron chi connectivity index (χ2n) is 4.53. The van der Waals surface area contributed by atoms with Gasteiger partial charge in [-0.25, -0.2) is 0 Å². The Kier molecular flexibility index (Phi) is 6.55. The Balaban J connectivity index is 2.96. The third kappa shape index (κ3) is 4.91. The second kappa shape index (κ2) is 8.19. The van der Waals surface area contributed by atoms with E-state index in [1.807, 2.05) is 30.3 Å². The summed E-state index contributed by atoms with van der Waals surface area (Å²) < 4.78 is 5.09. The fourth-order valence-corrected chi connectivity index (χ4v) is 1.60. The van der Waals surface area contributed by atoms with Crippen molar-refractivity contribution in [1.82, 2.24) is 0 Å². The van der Waals surface area contributed by atoms with Gasteiger partial charge in [-0.3, -0.25) is 4.79 Å². The van der Waals surface area contributed by atoms with Crippen molar-refractivity contribution in [2.24, 2.45) is 5.41 Å². The van der Waals surface area contributed by atoms with Crippen LogP contribution in [0.1, 0.15) is 25.8 Å². The summed E-state index contributed by atoms with van der Waals surface area (Å²) in [6.45, 7) is 3.80. The number of hydrogen-bond acceptors (Lipinski definition) is 3. The molecule has 0 aromatic heterocycles. The first kappa shape index (κ1) is 16.0. The van der Waals surface area contributed by atoms with Crippen LogP contribution in [-0.4, -0.2) is 24.3 Å². The van der Waals surface area contributed by atoms with Crippen LogP contribution in [0.3, 0.4) is 0 Å². The van der Waals surface area contributed by atoms with Crippen LogP contribution in [0, 0.1) is 17.3 Å². The van der Waals surface area contributed by atoms with Crippen molar-refractivity contribution < 1.29 is 14.6 Å². The lowest BCUT2D eigenvalue weighted by Gasteiger charge is -2.19. The van der Waals surface area contributed by atoms with Gasteiger partial charge < -0.3 is 9.84 Å². The monoisotopic (exact) mass is 272 g/mol. The zero-order valence-electron chi connectivity index (χ0n) is 11.9. The summed E-state index contributed by atoms with van der Waals surface area (Å²) in [7, 11) is 0. The molecule has 1 atom stereocenters. The van der Waals surface area contributed by atoms with Gasteiger partial charge in [0, 0.05) is 5.56 Å². The fourth-order valence-electron chi connectivity index (χ4n) is 1.60. The van der Waals surface area contributed by atoms with Gasteiger partial charge >= 0.3 is 5.97 Å². The molecular weight excluding hydrogens is 252 g/mol. The predicted molar refractivity (Wildman–Crippen MR) is 78.9 cm³/mol. The molecule has 1 unspecified atom stereocenters. The predicted octanol–water partition coefficient (Wildman–Crippen LogP) is 2.55. The lowest BCUT2D eigenvalue weighted by atomic mass is 9.87. The third-order valence-corrected chi connectivity index (χ3v) is 2.78. The first-order chi connectivity index (χ1) is 9.62. The molecule has 0 radical (unpaired) electrons. The van der Waals surface area contributed by atoms with Crippen LogP contribution in [-0.2, 0) is 9.53 Å². The zero-order valence-corrected chi connectivity index (χ0v) is 11.9. The molecule has 1 rings (SSSR count). The summed E-state index contributed by atoms with van der Waals surface area (Å²) in [5, 5.41) is 8.77. The number of aliphatic hydroxyl groups excluding tert-OH is 1. The van der Waals surface area contributed by atoms with Gasteiger partial charge in [-0.15, -0.1) is 0 Å². The van der Waals surface area contributed by atoms with Crippen molar-refractivity contribution >= 4 is 5.97 Å². The van der Waals surface area contributed by atoms with Crippen LogP contribution in [0.15, 0.2) is 42.5 Å². The van der Waals surface area contributed by atoms with Gasteiger partial charge in [0.2, 0.25) is 0 Å². The van der Waals surface area contributed by atoms with Gasteiger partial charge in [-0.05, 0) is 32.4 Å². The molecule has 3 nitrogen and oxygen atoms in total. The highest BCUT2D eigenvalue weighted by Gasteiger charge is 2.31. The highest BCUT2D eigenvalue weighted by atomic mass is 16.5. The van der Waals surface area contributed by atoms with Crippen LogP contribution in [0.5, 0.6) is 0 Å². The molecule has 0 bridgehead atoms. The minimum atomic E-state index is -0.905. The van der Waals surface area contributed by atoms with Crippen LogP contribution in [0.4, 0.5) is 0 Å². The molecule has 1 aromatic carbocycles. The maximum Gasteiger partial charge on any atom is 0.324 e. The van der Waals surface area contributed by atoms with Gasteiger partial charge in [-0.1, -0.05) is 42.2 Å². The zero-order chi connectivity index (χ0) is 14.8. The van der Waals surface area contributed by atoms with Crippen molar-refractivity contribution in [2.75, 3.05) is 13.2 Å². The summed E-state index contributed by atoms with van der Waals surface area (Å²) in [6.07, 6.45) is 3.75. The van der Waals surface area contributed by atoms with Crippen molar-refractivity contribution in [2.45, 2.75) is 20.3 Å². The number of rotatable bonds is 5. The first-order valence-corrected chi connectivity index (χ1v) is 6.63. The van der Waals surface area contributed by atoms with E-state index in [9.17, 15) is 4.79 Å². The number of esters is 1. The minimum absolute atomic E-state index is 0.0506. The molecule has 3 heteroatoms. The molecular formula is C17H20O3. The standard InChI is InChI=1S/C17H20O3/c1-3-20-16(19)17(2,12-7-8-14-18)13-11-15-9-5-4-6-10-15/h4-10,18H,3,12,14H2,1-2H3/b8-7-. The Morgan fingerprint density at radius 2 is 2.05 bits per heavy atom. The molecule has 0 saturated heterocycles. The number of carbonyl (C=O) groups excluding carboxylic acids is 1. The number of ether oxygens (including phenoxy) is 1. The Bertz CT molecular complexity index is 508. The molecule has 0 amide bonds. The highest BCUT2D eigenvalue weighted by Crippen LogP contribution is 2.23. The summed E-state index contributed by atoms with van der Waals surface area (Å²) in [6, 6.07) is 9.50. The lowest BCUT2D eigenvalue weighted by molar-refractivity contribution is -0.150. The number of allylic oxidation sites excluding steroid dienone is 1. The first-order valence-electron chi connectivity index (χ1n) is 6.63. The molecule has 0 spiro atoms. The van der Waals surface area contributed by atoms with E-state index in [1.54, 1.807) is 26.0 Å². The van der Waals surface area contributed by atoms with Crippen molar-refractivity contribution in [3.8, 4) is 11.8 Å². The third-order valence-electron chi connectivity index (χ3n) is 2.78. The van der Waals surface area contributed by atoms with E-state index >= 15 is 0 Å². The number of carbonyl (C=O) groups is 1. The normalized spacial score (nSPS) is 13.3. The molecule has 106 valence electrons. The average Bonchev–Trinajstić information content (AvgIpc) is 2.47. The fraction of sp³-hybridized carbons (Fsp3) is 0.353. The van der Waals surface area contributed by atoms with E-state index < -0.39 is 5.41 Å². The molecule has 0 aliphatic rings. The average molecular weight is 272 g/mol. The second-order valence-corrected chi connectivity index (χ2v) is 4.53. The van der Waals surface area contributed by atoms with Crippen molar-refractivity contribution in [1.29, 1.82) is 0 Å². The van der Waals surface area contributed by atoms with Crippen LogP contribution in [0.25, 0.3) is 0 Å². The highest BCUT2D eigenvalue weighted by molar-refractivity contribution is 5.80. The molecule has 1 N–H and O–H groups in total. The van der Waals surface area contributed by atoms with Gasteiger partial charge in [0.15, 0.2) is 0 Å². The van der Waals surface area contributed by atoms with Gasteiger partial charge in [0.25, 0.3) is 0 Å². The van der Waals surface area contributed by atoms with Gasteiger partial charge in [0.1, 0.15) is 5.41 Å². The van der Waals surface area contributed by atoms with E-state index in [2.05, 4.69) is 11.8 Å². The minimum Gasteiger partial charge on any atom is -0.465 e. The van der Waals surface area contributed by atoms with E-state index in [0.717, 1.165) is 5.56 Å². The molecule has 0 aliphatic heterocycles. The summed E-state index contributed by atoms with van der Waals surface area (Å²) >= 11 is 0. The Morgan fingerprint density at radius 3 is 2.65 bits per heavy atom. The molecule has 0 heterocycles. The molecule has 20 heavy (non-hydrogen) atoms. The van der Waals surface area contributed by atoms with Gasteiger partial charge in [-0.2, -0.15) is 0 Å². The van der Waals surface area contributed by atoms with E-state index in [4.69, 9.17) is 9.84 Å². The summed E-state index contributed by atoms with van der Waals surface area (Å²) in [5.74, 6) is 5.66. The number of aliphatic hydroxyl groups is 1. The van der Waals surface area contributed by atoms with Crippen LogP contribution < -0.4 is 0 Å². The van der Waals surface area contributed by atoms with E-state index in [-0.39, 0.29) is 12.6 Å². The largest absolute Gasteiger partial charge is 0.465 e. The quantitative estimate of drug-likeness (QED) is 0.509. The molecule has 0 fully saturated rings. The smallest absolute Gasteiger partial charge is 0.324 e. The molecule has 1 aromatic rings. The van der Waals surface area contributed by atoms with Crippen LogP contribution in [0.2, 0.25) is 0 Å². The maximum absolute atomic E-state index is 12.1. The lowest BCUT2D eigenvalue weighted by Crippen LogP contribution is -2.28. The summed E-state index contributed by atoms with van der Waals surface area (Å²) in [5.41, 5.74) is -0.0495. The molecule has 0 saturated carbocycles. The summed E-state index contributed by atoms with van der Waals surface area (Å²) in [4.78, 5) is 12.1. The molecule has 0 aliphatic carbocycles. The maximum atomic E-state index is 12.1. The SMILES string of the molecule is CCOC(=O)C(C)(C#Cc1ccccc1)C/C=C\CO. The Labute approximate surface area is 120 Å². The number of benzene rings is 1. The Morgan fingerprint density at radius 1 is 1.35 bits per heavy atom.